The minimum atomic E-state index is -4.79. The van der Waals surface area contributed by atoms with Gasteiger partial charge < -0.3 is 11.1 Å². The number of rotatable bonds is 6. The summed E-state index contributed by atoms with van der Waals surface area (Å²) < 4.78 is 42.6. The van der Waals surface area contributed by atoms with E-state index < -0.39 is 30.4 Å². The van der Waals surface area contributed by atoms with Crippen LogP contribution in [0.1, 0.15) is 37.9 Å². The van der Waals surface area contributed by atoms with Gasteiger partial charge in [-0.2, -0.15) is 18.3 Å². The predicted octanol–water partition coefficient (Wildman–Crippen LogP) is 3.35. The van der Waals surface area contributed by atoms with Crippen molar-refractivity contribution in [2.45, 2.75) is 19.6 Å². The number of carbonyl (C=O) groups is 2. The number of tetrazole rings is 1. The number of hydrogen-bond acceptors (Lipinski definition) is 7. The van der Waals surface area contributed by atoms with E-state index in [2.05, 4.69) is 46.9 Å². The molecule has 0 bridgehead atoms. The lowest BCUT2D eigenvalue weighted by molar-refractivity contribution is -0.147. The number of aryl methyl sites for hydroxylation is 1. The van der Waals surface area contributed by atoms with Crippen molar-refractivity contribution in [1.82, 2.24) is 35.0 Å². The number of hydrogen-bond donors (Lipinski definition) is 2. The van der Waals surface area contributed by atoms with Gasteiger partial charge in [0.05, 0.1) is 28.0 Å². The van der Waals surface area contributed by atoms with Crippen molar-refractivity contribution < 1.29 is 22.8 Å². The molecule has 4 aromatic rings. The molecular weight excluding hydrogens is 662 g/mol. The quantitative estimate of drug-likeness (QED) is 0.298. The zero-order chi connectivity index (χ0) is 26.2. The van der Waals surface area contributed by atoms with E-state index in [9.17, 15) is 22.8 Å². The lowest BCUT2D eigenvalue weighted by Gasteiger charge is -2.14. The van der Waals surface area contributed by atoms with Crippen molar-refractivity contribution in [2.24, 2.45) is 5.73 Å². The number of amides is 2. The Hall–Kier alpha value is -3.41. The van der Waals surface area contributed by atoms with Crippen LogP contribution >= 0.6 is 38.5 Å². The van der Waals surface area contributed by atoms with E-state index in [0.29, 0.717) is 14.7 Å². The molecule has 0 radical (unpaired) electrons. The Morgan fingerprint density at radius 3 is 2.67 bits per heavy atom. The number of pyridine rings is 1. The van der Waals surface area contributed by atoms with E-state index in [4.69, 9.17) is 5.73 Å². The second-order valence-electron chi connectivity index (χ2n) is 7.36. The summed E-state index contributed by atoms with van der Waals surface area (Å²) in [4.78, 5) is 29.6. The number of nitrogens with two attached hydrogens (primary N) is 1. The molecule has 2 amide bonds. The Kier molecular flexibility index (Phi) is 7.07. The van der Waals surface area contributed by atoms with Crippen molar-refractivity contribution in [1.29, 1.82) is 0 Å². The zero-order valence-corrected chi connectivity index (χ0v) is 21.8. The molecule has 3 aromatic heterocycles. The molecule has 3 N–H and O–H groups in total. The fourth-order valence-electron chi connectivity index (χ4n) is 3.31. The number of benzene rings is 1. The molecule has 0 unspecified atom stereocenters. The van der Waals surface area contributed by atoms with Crippen molar-refractivity contribution in [3.63, 3.8) is 0 Å². The molecule has 0 spiro atoms. The van der Waals surface area contributed by atoms with Crippen molar-refractivity contribution in [2.75, 3.05) is 5.32 Å². The summed E-state index contributed by atoms with van der Waals surface area (Å²) in [6, 6.07) is 7.85. The van der Waals surface area contributed by atoms with Crippen LogP contribution in [-0.2, 0) is 12.7 Å². The fourth-order valence-corrected chi connectivity index (χ4v) is 4.51. The van der Waals surface area contributed by atoms with Crippen LogP contribution in [0.4, 0.5) is 18.9 Å². The molecule has 4 rings (SSSR count). The zero-order valence-electron chi connectivity index (χ0n) is 18.1. The molecule has 1 aromatic carbocycles. The summed E-state index contributed by atoms with van der Waals surface area (Å²) in [5.74, 6) is -2.56. The summed E-state index contributed by atoms with van der Waals surface area (Å²) in [5, 5.41) is 16.4. The monoisotopic (exact) mass is 675 g/mol. The number of anilines is 1. The van der Waals surface area contributed by atoms with Gasteiger partial charge in [-0.05, 0) is 91.8 Å². The molecule has 0 aliphatic carbocycles. The molecular formula is C20H14BrF3IN9O2. The van der Waals surface area contributed by atoms with E-state index in [1.807, 2.05) is 22.6 Å². The molecule has 11 nitrogen and oxygen atoms in total. The van der Waals surface area contributed by atoms with Crippen LogP contribution < -0.4 is 11.1 Å². The topological polar surface area (TPSA) is 146 Å². The molecule has 0 aliphatic rings. The van der Waals surface area contributed by atoms with Gasteiger partial charge in [-0.25, -0.2) is 14.3 Å². The first-order chi connectivity index (χ1) is 17.0. The number of nitrogens with zero attached hydrogens (tertiary/aromatic N) is 7. The Bertz CT molecular complexity index is 1490. The minimum absolute atomic E-state index is 0.0463. The Balaban J connectivity index is 1.78. The molecule has 36 heavy (non-hydrogen) atoms. The van der Waals surface area contributed by atoms with Crippen LogP contribution in [0, 0.1) is 10.5 Å². The van der Waals surface area contributed by atoms with Gasteiger partial charge in [0.15, 0.2) is 5.82 Å². The first kappa shape index (κ1) is 25.7. The number of alkyl halides is 3. The summed E-state index contributed by atoms with van der Waals surface area (Å²) in [5.41, 5.74) is 6.35. The Labute approximate surface area is 222 Å². The first-order valence-electron chi connectivity index (χ1n) is 9.90. The van der Waals surface area contributed by atoms with Gasteiger partial charge in [0.25, 0.3) is 17.6 Å². The van der Waals surface area contributed by atoms with Crippen LogP contribution in [0.25, 0.3) is 5.82 Å². The average molecular weight is 676 g/mol. The molecule has 0 saturated heterocycles. The highest BCUT2D eigenvalue weighted by atomic mass is 127. The van der Waals surface area contributed by atoms with E-state index in [1.165, 1.54) is 23.0 Å². The fraction of sp³-hybridized carbons (Fsp3) is 0.150. The van der Waals surface area contributed by atoms with E-state index in [0.717, 1.165) is 3.57 Å². The van der Waals surface area contributed by atoms with Crippen LogP contribution in [0.2, 0.25) is 0 Å². The number of aromatic nitrogens is 7. The second-order valence-corrected chi connectivity index (χ2v) is 9.46. The molecule has 0 fully saturated rings. The van der Waals surface area contributed by atoms with Gasteiger partial charge in [-0.15, -0.1) is 5.10 Å². The highest BCUT2D eigenvalue weighted by Crippen LogP contribution is 2.28. The molecule has 16 heteroatoms. The molecule has 3 heterocycles. The summed E-state index contributed by atoms with van der Waals surface area (Å²) in [6.07, 6.45) is -3.33. The SMILES string of the molecule is Cc1cc(I)cc(C(N)=O)c1NC(=O)c1cc(Cn2nnnc2C(F)(F)F)nn1-c1ncccc1Br. The summed E-state index contributed by atoms with van der Waals surface area (Å²) >= 11 is 5.36. The van der Waals surface area contributed by atoms with Crippen molar-refractivity contribution in [3.8, 4) is 5.82 Å². The maximum absolute atomic E-state index is 13.4. The Morgan fingerprint density at radius 1 is 1.25 bits per heavy atom. The van der Waals surface area contributed by atoms with Crippen LogP contribution in [0.3, 0.4) is 0 Å². The molecule has 186 valence electrons. The van der Waals surface area contributed by atoms with Gasteiger partial charge >= 0.3 is 6.18 Å². The minimum Gasteiger partial charge on any atom is -0.366 e. The molecule has 0 atom stereocenters. The van der Waals surface area contributed by atoms with Crippen LogP contribution in [-0.4, -0.2) is 46.8 Å². The number of halogens is 5. The van der Waals surface area contributed by atoms with Gasteiger partial charge in [-0.1, -0.05) is 0 Å². The largest absolute Gasteiger partial charge is 0.453 e. The van der Waals surface area contributed by atoms with Gasteiger partial charge in [0.1, 0.15) is 5.69 Å². The second kappa shape index (κ2) is 9.92. The Morgan fingerprint density at radius 2 is 2.00 bits per heavy atom. The highest BCUT2D eigenvalue weighted by Gasteiger charge is 2.38. The smallest absolute Gasteiger partial charge is 0.366 e. The lowest BCUT2D eigenvalue weighted by atomic mass is 10.1. The standard InChI is InChI=1S/C20H14BrF3IN9O2/c1-9-5-10(25)6-12(16(26)35)15(9)28-18(36)14-7-11(8-33-19(20(22,23)24)29-31-32-33)30-34(14)17-13(21)3-2-4-27-17/h2-7H,8H2,1H3,(H2,26,35)(H,28,36). The van der Waals surface area contributed by atoms with Crippen molar-refractivity contribution >= 4 is 56.0 Å². The third-order valence-electron chi connectivity index (χ3n) is 4.83. The summed E-state index contributed by atoms with van der Waals surface area (Å²) in [7, 11) is 0. The van der Waals surface area contributed by atoms with Gasteiger partial charge in [0.2, 0.25) is 0 Å². The van der Waals surface area contributed by atoms with Gasteiger partial charge in [0, 0.05) is 9.77 Å². The average Bonchev–Trinajstić information content (AvgIpc) is 3.43. The maximum atomic E-state index is 13.4. The van der Waals surface area contributed by atoms with Crippen LogP contribution in [0.5, 0.6) is 0 Å². The number of carbonyl (C=O) groups excluding carboxylic acids is 2. The number of primary amides is 1. The highest BCUT2D eigenvalue weighted by molar-refractivity contribution is 14.1. The molecule has 0 aliphatic heterocycles. The third kappa shape index (κ3) is 5.23. The lowest BCUT2D eigenvalue weighted by Crippen LogP contribution is -2.22. The van der Waals surface area contributed by atoms with Crippen LogP contribution in [0.15, 0.2) is 41.0 Å². The van der Waals surface area contributed by atoms with E-state index in [1.54, 1.807) is 25.1 Å². The van der Waals surface area contributed by atoms with Gasteiger partial charge in [-0.3, -0.25) is 9.59 Å². The third-order valence-corrected chi connectivity index (χ3v) is 6.08. The normalized spacial score (nSPS) is 11.5. The van der Waals surface area contributed by atoms with E-state index >= 15 is 0 Å². The predicted molar refractivity (Wildman–Crippen MR) is 131 cm³/mol. The maximum Gasteiger partial charge on any atom is 0.453 e. The first-order valence-corrected chi connectivity index (χ1v) is 11.8. The van der Waals surface area contributed by atoms with Crippen molar-refractivity contribution in [3.05, 3.63) is 72.9 Å². The number of nitrogens with one attached hydrogen (secondary N) is 1. The molecule has 0 saturated carbocycles. The van der Waals surface area contributed by atoms with E-state index in [-0.39, 0.29) is 28.5 Å². The summed E-state index contributed by atoms with van der Waals surface area (Å²) in [6.45, 7) is 1.22.